The summed E-state index contributed by atoms with van der Waals surface area (Å²) in [5, 5.41) is 17.9. The number of hydrogen-bond donors (Lipinski definition) is 3. The molecule has 0 saturated heterocycles. The fourth-order valence-electron chi connectivity index (χ4n) is 3.79. The highest BCUT2D eigenvalue weighted by Crippen LogP contribution is 2.30. The Morgan fingerprint density at radius 2 is 1.80 bits per heavy atom. The first-order valence-corrected chi connectivity index (χ1v) is 12.0. The second kappa shape index (κ2) is 11.1. The van der Waals surface area contributed by atoms with Crippen LogP contribution in [0.3, 0.4) is 0 Å². The molecule has 13 heteroatoms. The Labute approximate surface area is 231 Å². The first kappa shape index (κ1) is 26.8. The van der Waals surface area contributed by atoms with Crippen molar-refractivity contribution in [3.8, 4) is 11.9 Å². The van der Waals surface area contributed by atoms with E-state index in [4.69, 9.17) is 5.26 Å². The minimum atomic E-state index is -4.56. The van der Waals surface area contributed by atoms with Gasteiger partial charge in [-0.1, -0.05) is 12.1 Å². The molecular formula is C28H20F3N9O. The van der Waals surface area contributed by atoms with Crippen LogP contribution in [0.5, 0.6) is 0 Å². The quantitative estimate of drug-likeness (QED) is 0.223. The number of amides is 1. The van der Waals surface area contributed by atoms with Crippen LogP contribution in [-0.4, -0.2) is 30.4 Å². The number of imidazole rings is 1. The number of nitrogens with one attached hydrogen (secondary N) is 3. The number of nitriles is 1. The maximum absolute atomic E-state index is 13.1. The first-order valence-electron chi connectivity index (χ1n) is 12.0. The van der Waals surface area contributed by atoms with Crippen molar-refractivity contribution in [2.45, 2.75) is 13.1 Å². The normalized spacial score (nSPS) is 11.0. The molecule has 0 fully saturated rings. The number of anilines is 5. The summed E-state index contributed by atoms with van der Waals surface area (Å²) in [6.45, 7) is 1.85. The van der Waals surface area contributed by atoms with Crippen LogP contribution in [0, 0.1) is 18.3 Å². The third-order valence-corrected chi connectivity index (χ3v) is 5.88. The summed E-state index contributed by atoms with van der Waals surface area (Å²) in [5.74, 6) is 1.18. The third-order valence-electron chi connectivity index (χ3n) is 5.88. The molecule has 0 atom stereocenters. The van der Waals surface area contributed by atoms with Gasteiger partial charge in [0.1, 0.15) is 29.9 Å². The predicted molar refractivity (Wildman–Crippen MR) is 145 cm³/mol. The molecule has 0 aliphatic rings. The SMILES string of the molecule is Cc1ccc(NC(=O)c2cccc(C(F)(F)F)c2)cc1Nc1nccn1-c1cc(Nc2ccc(C#N)cn2)ncn1. The molecule has 0 aliphatic carbocycles. The van der Waals surface area contributed by atoms with E-state index in [1.807, 2.05) is 13.0 Å². The van der Waals surface area contributed by atoms with Crippen molar-refractivity contribution in [2.24, 2.45) is 0 Å². The van der Waals surface area contributed by atoms with Gasteiger partial charge in [-0.25, -0.2) is 19.9 Å². The second-order valence-corrected chi connectivity index (χ2v) is 8.74. The molecule has 0 saturated carbocycles. The fourth-order valence-corrected chi connectivity index (χ4v) is 3.79. The zero-order chi connectivity index (χ0) is 29.0. The average molecular weight is 556 g/mol. The molecule has 3 N–H and O–H groups in total. The lowest BCUT2D eigenvalue weighted by atomic mass is 10.1. The lowest BCUT2D eigenvalue weighted by Crippen LogP contribution is -2.14. The van der Waals surface area contributed by atoms with Crippen LogP contribution in [0.1, 0.15) is 27.0 Å². The number of pyridine rings is 1. The fraction of sp³-hybridized carbons (Fsp3) is 0.0714. The van der Waals surface area contributed by atoms with Crippen LogP contribution in [-0.2, 0) is 6.18 Å². The molecule has 41 heavy (non-hydrogen) atoms. The molecule has 0 unspecified atom stereocenters. The van der Waals surface area contributed by atoms with Crippen molar-refractivity contribution in [1.29, 1.82) is 5.26 Å². The van der Waals surface area contributed by atoms with Gasteiger partial charge in [-0.15, -0.1) is 0 Å². The second-order valence-electron chi connectivity index (χ2n) is 8.74. The lowest BCUT2D eigenvalue weighted by Gasteiger charge is -2.14. The minimum absolute atomic E-state index is 0.116. The molecule has 10 nitrogen and oxygen atoms in total. The maximum Gasteiger partial charge on any atom is 0.416 e. The molecule has 1 amide bonds. The van der Waals surface area contributed by atoms with Gasteiger partial charge in [-0.3, -0.25) is 9.36 Å². The van der Waals surface area contributed by atoms with Crippen molar-refractivity contribution in [2.75, 3.05) is 16.0 Å². The van der Waals surface area contributed by atoms with Gasteiger partial charge in [0.2, 0.25) is 5.95 Å². The highest BCUT2D eigenvalue weighted by Gasteiger charge is 2.30. The van der Waals surface area contributed by atoms with Crippen LogP contribution < -0.4 is 16.0 Å². The molecule has 3 heterocycles. The van der Waals surface area contributed by atoms with Crippen LogP contribution in [0.15, 0.2) is 85.6 Å². The van der Waals surface area contributed by atoms with Gasteiger partial charge < -0.3 is 16.0 Å². The van der Waals surface area contributed by atoms with Crippen LogP contribution in [0.4, 0.5) is 42.1 Å². The zero-order valence-electron chi connectivity index (χ0n) is 21.3. The Bertz CT molecular complexity index is 1760. The number of halogens is 3. The third kappa shape index (κ3) is 6.28. The number of benzene rings is 2. The summed E-state index contributed by atoms with van der Waals surface area (Å²) < 4.78 is 40.9. The number of aryl methyl sites for hydroxylation is 1. The predicted octanol–water partition coefficient (Wildman–Crippen LogP) is 6.00. The Hall–Kier alpha value is -5.77. The van der Waals surface area contributed by atoms with Gasteiger partial charge in [-0.05, 0) is 55.0 Å². The Kier molecular flexibility index (Phi) is 7.29. The van der Waals surface area contributed by atoms with E-state index in [0.717, 1.165) is 17.7 Å². The van der Waals surface area contributed by atoms with Gasteiger partial charge in [0.05, 0.1) is 11.1 Å². The molecule has 5 aromatic rings. The first-order chi connectivity index (χ1) is 19.7. The maximum atomic E-state index is 13.1. The summed E-state index contributed by atoms with van der Waals surface area (Å²) in [7, 11) is 0. The summed E-state index contributed by atoms with van der Waals surface area (Å²) in [6.07, 6.45) is 1.54. The number of nitrogens with zero attached hydrogens (tertiary/aromatic N) is 6. The smallest absolute Gasteiger partial charge is 0.325 e. The van der Waals surface area contributed by atoms with Gasteiger partial charge in [-0.2, -0.15) is 18.4 Å². The number of carbonyl (C=O) groups excluding carboxylic acids is 1. The molecular weight excluding hydrogens is 535 g/mol. The standard InChI is InChI=1S/C28H20F3N9O/c1-17-5-7-21(37-26(41)19-3-2-4-20(11-19)28(29,30)31)12-22(17)38-27-33-9-10-40(27)25-13-24(35-16-36-25)39-23-8-6-18(14-32)15-34-23/h2-13,15-16H,1H3,(H,33,38)(H,37,41)(H,34,35,36,39). The minimum Gasteiger partial charge on any atom is -0.325 e. The molecule has 3 aromatic heterocycles. The van der Waals surface area contributed by atoms with Gasteiger partial charge in [0, 0.05) is 41.6 Å². The topological polar surface area (TPSA) is 133 Å². The number of carbonyl (C=O) groups is 1. The van der Waals surface area contributed by atoms with E-state index in [-0.39, 0.29) is 5.56 Å². The lowest BCUT2D eigenvalue weighted by molar-refractivity contribution is -0.137. The van der Waals surface area contributed by atoms with Crippen LogP contribution >= 0.6 is 0 Å². The number of aromatic nitrogens is 5. The van der Waals surface area contributed by atoms with E-state index in [2.05, 4.69) is 35.9 Å². The van der Waals surface area contributed by atoms with Crippen molar-refractivity contribution in [3.05, 3.63) is 108 Å². The molecule has 0 aliphatic heterocycles. The summed E-state index contributed by atoms with van der Waals surface area (Å²) in [6, 6.07) is 16.3. The van der Waals surface area contributed by atoms with Crippen molar-refractivity contribution in [3.63, 3.8) is 0 Å². The molecule has 204 valence electrons. The zero-order valence-corrected chi connectivity index (χ0v) is 21.3. The molecule has 0 spiro atoms. The van der Waals surface area contributed by atoms with Crippen LogP contribution in [0.2, 0.25) is 0 Å². The van der Waals surface area contributed by atoms with E-state index in [1.165, 1.54) is 24.7 Å². The van der Waals surface area contributed by atoms with Gasteiger partial charge in [0.15, 0.2) is 0 Å². The van der Waals surface area contributed by atoms with E-state index in [9.17, 15) is 18.0 Å². The van der Waals surface area contributed by atoms with E-state index in [0.29, 0.717) is 40.3 Å². The highest BCUT2D eigenvalue weighted by molar-refractivity contribution is 6.04. The summed E-state index contributed by atoms with van der Waals surface area (Å²) in [5.41, 5.74) is 1.22. The van der Waals surface area contributed by atoms with Crippen molar-refractivity contribution in [1.82, 2.24) is 24.5 Å². The number of alkyl halides is 3. The molecule has 5 rings (SSSR count). The number of hydrogen-bond acceptors (Lipinski definition) is 8. The van der Waals surface area contributed by atoms with Gasteiger partial charge >= 0.3 is 6.18 Å². The van der Waals surface area contributed by atoms with Crippen LogP contribution in [0.25, 0.3) is 5.82 Å². The Balaban J connectivity index is 1.34. The Morgan fingerprint density at radius 3 is 2.56 bits per heavy atom. The number of rotatable bonds is 7. The van der Waals surface area contributed by atoms with Crippen molar-refractivity contribution >= 4 is 34.9 Å². The molecule has 0 radical (unpaired) electrons. The summed E-state index contributed by atoms with van der Waals surface area (Å²) >= 11 is 0. The van der Waals surface area contributed by atoms with E-state index >= 15 is 0 Å². The highest BCUT2D eigenvalue weighted by atomic mass is 19.4. The largest absolute Gasteiger partial charge is 0.416 e. The van der Waals surface area contributed by atoms with Gasteiger partial charge in [0.25, 0.3) is 5.91 Å². The molecule has 0 bridgehead atoms. The van der Waals surface area contributed by atoms with E-state index < -0.39 is 17.6 Å². The van der Waals surface area contributed by atoms with E-state index in [1.54, 1.807) is 53.4 Å². The summed E-state index contributed by atoms with van der Waals surface area (Å²) in [4.78, 5) is 29.8. The monoisotopic (exact) mass is 555 g/mol. The average Bonchev–Trinajstić information content (AvgIpc) is 3.43. The molecule has 2 aromatic carbocycles. The van der Waals surface area contributed by atoms with Crippen molar-refractivity contribution < 1.29 is 18.0 Å². The Morgan fingerprint density at radius 1 is 0.951 bits per heavy atom.